The lowest BCUT2D eigenvalue weighted by Crippen LogP contribution is -2.29. The van der Waals surface area contributed by atoms with E-state index in [4.69, 9.17) is 0 Å². The Hall–Kier alpha value is -0.890. The van der Waals surface area contributed by atoms with E-state index in [-0.39, 0.29) is 5.82 Å². The molecule has 100 valence electrons. The van der Waals surface area contributed by atoms with Crippen LogP contribution >= 0.6 is 0 Å². The zero-order valence-corrected chi connectivity index (χ0v) is 11.7. The fourth-order valence-electron chi connectivity index (χ4n) is 3.42. The minimum Gasteiger partial charge on any atom is -0.313 e. The Kier molecular flexibility index (Phi) is 4.39. The van der Waals surface area contributed by atoms with Crippen LogP contribution in [-0.4, -0.2) is 7.05 Å². The number of benzene rings is 1. The number of aryl methyl sites for hydroxylation is 1. The van der Waals surface area contributed by atoms with Gasteiger partial charge in [0.1, 0.15) is 5.82 Å². The number of nitrogens with one attached hydrogen (secondary N) is 1. The topological polar surface area (TPSA) is 12.0 Å². The lowest BCUT2D eigenvalue weighted by Gasteiger charge is -2.34. The van der Waals surface area contributed by atoms with Crippen molar-refractivity contribution in [1.29, 1.82) is 0 Å². The molecule has 1 fully saturated rings. The van der Waals surface area contributed by atoms with E-state index in [2.05, 4.69) is 12.2 Å². The summed E-state index contributed by atoms with van der Waals surface area (Å²) in [5.41, 5.74) is 2.32. The van der Waals surface area contributed by atoms with E-state index < -0.39 is 0 Å². The average molecular weight is 249 g/mol. The Morgan fingerprint density at radius 1 is 1.33 bits per heavy atom. The first-order chi connectivity index (χ1) is 8.61. The lowest BCUT2D eigenvalue weighted by molar-refractivity contribution is 0.229. The van der Waals surface area contributed by atoms with E-state index in [1.165, 1.54) is 31.2 Å². The second kappa shape index (κ2) is 5.83. The molecule has 0 bridgehead atoms. The molecule has 0 amide bonds. The van der Waals surface area contributed by atoms with Crippen LogP contribution in [0.4, 0.5) is 4.39 Å². The molecule has 0 saturated heterocycles. The Morgan fingerprint density at radius 3 is 2.72 bits per heavy atom. The maximum absolute atomic E-state index is 13.2. The fourth-order valence-corrected chi connectivity index (χ4v) is 3.42. The van der Waals surface area contributed by atoms with E-state index in [0.717, 1.165) is 11.5 Å². The molecule has 0 spiro atoms. The number of hydrogen-bond donors (Lipinski definition) is 1. The molecule has 1 N–H and O–H groups in total. The average Bonchev–Trinajstić information content (AvgIpc) is 2.33. The predicted octanol–water partition coefficient (Wildman–Crippen LogP) is 4.22. The third-order valence-corrected chi connectivity index (χ3v) is 4.33. The van der Waals surface area contributed by atoms with Gasteiger partial charge in [0.25, 0.3) is 0 Å². The van der Waals surface area contributed by atoms with Gasteiger partial charge in [-0.25, -0.2) is 4.39 Å². The molecule has 3 atom stereocenters. The van der Waals surface area contributed by atoms with Crippen LogP contribution in [0.5, 0.6) is 0 Å². The van der Waals surface area contributed by atoms with Crippen molar-refractivity contribution in [3.8, 4) is 0 Å². The van der Waals surface area contributed by atoms with Gasteiger partial charge in [0.05, 0.1) is 0 Å². The lowest BCUT2D eigenvalue weighted by atomic mass is 9.76. The highest BCUT2D eigenvalue weighted by molar-refractivity contribution is 5.30. The van der Waals surface area contributed by atoms with Crippen molar-refractivity contribution in [3.63, 3.8) is 0 Å². The first kappa shape index (κ1) is 13.5. The summed E-state index contributed by atoms with van der Waals surface area (Å²) in [6.07, 6.45) is 5.24. The summed E-state index contributed by atoms with van der Waals surface area (Å²) in [7, 11) is 2.02. The summed E-state index contributed by atoms with van der Waals surface area (Å²) in [6, 6.07) is 5.55. The molecule has 1 aromatic carbocycles. The van der Waals surface area contributed by atoms with Gasteiger partial charge in [0, 0.05) is 6.04 Å². The van der Waals surface area contributed by atoms with Crippen molar-refractivity contribution in [2.24, 2.45) is 11.8 Å². The maximum atomic E-state index is 13.2. The van der Waals surface area contributed by atoms with E-state index in [0.29, 0.717) is 12.0 Å². The summed E-state index contributed by atoms with van der Waals surface area (Å²) in [4.78, 5) is 0. The highest BCUT2D eigenvalue weighted by atomic mass is 19.1. The van der Waals surface area contributed by atoms with E-state index >= 15 is 0 Å². The molecule has 18 heavy (non-hydrogen) atoms. The first-order valence-electron chi connectivity index (χ1n) is 7.05. The van der Waals surface area contributed by atoms with Gasteiger partial charge >= 0.3 is 0 Å². The second-order valence-corrected chi connectivity index (χ2v) is 5.80. The molecule has 1 saturated carbocycles. The molecular formula is C16H24FN. The van der Waals surface area contributed by atoms with Crippen LogP contribution in [-0.2, 0) is 0 Å². The van der Waals surface area contributed by atoms with Crippen LogP contribution in [0.2, 0.25) is 0 Å². The normalized spacial score (nSPS) is 26.0. The van der Waals surface area contributed by atoms with Crippen LogP contribution in [0.15, 0.2) is 18.2 Å². The van der Waals surface area contributed by atoms with Gasteiger partial charge in [-0.05, 0) is 61.9 Å². The van der Waals surface area contributed by atoms with E-state index in [1.807, 2.05) is 20.0 Å². The summed E-state index contributed by atoms with van der Waals surface area (Å²) in [6.45, 7) is 4.35. The largest absolute Gasteiger partial charge is 0.313 e. The van der Waals surface area contributed by atoms with Crippen LogP contribution in [0.1, 0.15) is 49.8 Å². The minimum absolute atomic E-state index is 0.136. The van der Waals surface area contributed by atoms with Crippen LogP contribution < -0.4 is 5.32 Å². The minimum atomic E-state index is -0.136. The fraction of sp³-hybridized carbons (Fsp3) is 0.625. The highest BCUT2D eigenvalue weighted by Gasteiger charge is 2.27. The van der Waals surface area contributed by atoms with E-state index in [1.54, 1.807) is 12.1 Å². The summed E-state index contributed by atoms with van der Waals surface area (Å²) < 4.78 is 13.2. The van der Waals surface area contributed by atoms with Gasteiger partial charge < -0.3 is 5.32 Å². The third-order valence-electron chi connectivity index (χ3n) is 4.33. The smallest absolute Gasteiger partial charge is 0.123 e. The Balaban J connectivity index is 2.21. The molecule has 1 aromatic rings. The quantitative estimate of drug-likeness (QED) is 0.845. The highest BCUT2D eigenvalue weighted by Crippen LogP contribution is 2.37. The summed E-state index contributed by atoms with van der Waals surface area (Å²) in [5, 5.41) is 3.45. The van der Waals surface area contributed by atoms with Gasteiger partial charge in [-0.2, -0.15) is 0 Å². The SMILES string of the molecule is CNC(c1ccc(F)cc1C)C1CCCC(C)C1. The summed E-state index contributed by atoms with van der Waals surface area (Å²) >= 11 is 0. The molecule has 0 aromatic heterocycles. The molecule has 0 heterocycles. The number of halogens is 1. The van der Waals surface area contributed by atoms with Crippen molar-refractivity contribution >= 4 is 0 Å². The molecule has 0 radical (unpaired) electrons. The van der Waals surface area contributed by atoms with Crippen molar-refractivity contribution in [2.45, 2.75) is 45.6 Å². The van der Waals surface area contributed by atoms with Gasteiger partial charge in [0.15, 0.2) is 0 Å². The zero-order valence-electron chi connectivity index (χ0n) is 11.7. The van der Waals surface area contributed by atoms with Crippen LogP contribution in [0.25, 0.3) is 0 Å². The van der Waals surface area contributed by atoms with Crippen molar-refractivity contribution in [3.05, 3.63) is 35.1 Å². The van der Waals surface area contributed by atoms with Crippen LogP contribution in [0, 0.1) is 24.6 Å². The Morgan fingerprint density at radius 2 is 2.11 bits per heavy atom. The molecule has 1 aliphatic rings. The Labute approximate surface area is 110 Å². The first-order valence-corrected chi connectivity index (χ1v) is 7.05. The van der Waals surface area contributed by atoms with Crippen molar-refractivity contribution in [2.75, 3.05) is 7.05 Å². The second-order valence-electron chi connectivity index (χ2n) is 5.80. The molecular weight excluding hydrogens is 225 g/mol. The predicted molar refractivity (Wildman–Crippen MR) is 74.1 cm³/mol. The van der Waals surface area contributed by atoms with Crippen molar-refractivity contribution in [1.82, 2.24) is 5.32 Å². The number of hydrogen-bond acceptors (Lipinski definition) is 1. The van der Waals surface area contributed by atoms with Gasteiger partial charge in [-0.1, -0.05) is 25.8 Å². The van der Waals surface area contributed by atoms with Gasteiger partial charge in [-0.15, -0.1) is 0 Å². The van der Waals surface area contributed by atoms with Crippen LogP contribution in [0.3, 0.4) is 0 Å². The van der Waals surface area contributed by atoms with Gasteiger partial charge in [-0.3, -0.25) is 0 Å². The Bertz CT molecular complexity index is 402. The zero-order chi connectivity index (χ0) is 13.1. The number of rotatable bonds is 3. The molecule has 1 aliphatic carbocycles. The van der Waals surface area contributed by atoms with Gasteiger partial charge in [0.2, 0.25) is 0 Å². The van der Waals surface area contributed by atoms with Crippen molar-refractivity contribution < 1.29 is 4.39 Å². The molecule has 0 aliphatic heterocycles. The third kappa shape index (κ3) is 2.92. The molecule has 2 rings (SSSR count). The summed E-state index contributed by atoms with van der Waals surface area (Å²) in [5.74, 6) is 1.37. The van der Waals surface area contributed by atoms with E-state index in [9.17, 15) is 4.39 Å². The standard InChI is InChI=1S/C16H24FN/c1-11-5-4-6-13(9-11)16(18-3)15-8-7-14(17)10-12(15)2/h7-8,10-11,13,16,18H,4-6,9H2,1-3H3. The monoisotopic (exact) mass is 249 g/mol. The molecule has 3 unspecified atom stereocenters. The maximum Gasteiger partial charge on any atom is 0.123 e. The molecule has 1 nitrogen and oxygen atoms in total. The molecule has 2 heteroatoms.